The maximum absolute atomic E-state index is 14.1. The Morgan fingerprint density at radius 2 is 1.20 bits per heavy atom. The molecule has 8 aromatic rings. The molecule has 3 amide bonds. The summed E-state index contributed by atoms with van der Waals surface area (Å²) in [4.78, 5) is 69.2. The topological polar surface area (TPSA) is 258 Å². The molecule has 0 saturated carbocycles. The number of pyridine rings is 2. The Morgan fingerprint density at radius 1 is 0.590 bits per heavy atom. The van der Waals surface area contributed by atoms with E-state index in [1.165, 1.54) is 17.2 Å². The summed E-state index contributed by atoms with van der Waals surface area (Å²) in [6.45, 7) is 33.1. The Labute approximate surface area is 618 Å². The number of nitrogens with one attached hydrogen (secondary N) is 2. The number of hydrogen-bond donors (Lipinski definition) is 3. The predicted octanol–water partition coefficient (Wildman–Crippen LogP) is 11.5. The van der Waals surface area contributed by atoms with Crippen LogP contribution in [-0.4, -0.2) is 161 Å². The number of β-amino-alcohol motifs (C(OH)–C–C–N with tert-alkyl or cyclic N) is 1. The molecule has 0 unspecified atom stereocenters. The van der Waals surface area contributed by atoms with Gasteiger partial charge in [0.05, 0.1) is 42.1 Å². The normalized spacial score (nSPS) is 17.4. The highest BCUT2D eigenvalue weighted by atomic mass is 19.1. The van der Waals surface area contributed by atoms with E-state index in [-0.39, 0.29) is 53.3 Å². The van der Waals surface area contributed by atoms with Gasteiger partial charge in [0, 0.05) is 102 Å². The fourth-order valence-corrected chi connectivity index (χ4v) is 13.0. The lowest BCUT2D eigenvalue weighted by Gasteiger charge is -2.40. The van der Waals surface area contributed by atoms with Crippen LogP contribution in [0.3, 0.4) is 0 Å². The van der Waals surface area contributed by atoms with E-state index >= 15 is 0 Å². The van der Waals surface area contributed by atoms with Crippen LogP contribution in [0, 0.1) is 50.8 Å². The van der Waals surface area contributed by atoms with Crippen LogP contribution in [0.25, 0.3) is 0 Å². The average Bonchev–Trinajstić information content (AvgIpc) is 1.79. The number of aliphatic hydroxyl groups excluding tert-OH is 1. The van der Waals surface area contributed by atoms with E-state index in [4.69, 9.17) is 6.42 Å². The molecule has 0 spiro atoms. The molecule has 4 aliphatic heterocycles. The number of carbonyl (C=O) groups excluding carboxylic acids is 4. The number of anilines is 5. The fourth-order valence-electron chi connectivity index (χ4n) is 13.0. The predicted molar refractivity (Wildman–Crippen MR) is 411 cm³/mol. The summed E-state index contributed by atoms with van der Waals surface area (Å²) < 4.78 is 14.1. The summed E-state index contributed by atoms with van der Waals surface area (Å²) in [6, 6.07) is 36.4. The van der Waals surface area contributed by atoms with Gasteiger partial charge in [-0.05, 0) is 182 Å². The molecule has 22 nitrogen and oxygen atoms in total. The number of halogens is 1. The molecule has 6 aromatic heterocycles. The molecule has 4 aliphatic rings. The van der Waals surface area contributed by atoms with Crippen molar-refractivity contribution in [1.82, 2.24) is 61.0 Å². The molecule has 0 radical (unpaired) electrons. The van der Waals surface area contributed by atoms with Crippen molar-refractivity contribution in [3.05, 3.63) is 195 Å². The summed E-state index contributed by atoms with van der Waals surface area (Å²) >= 11 is 0. The van der Waals surface area contributed by atoms with Gasteiger partial charge < -0.3 is 40.2 Å². The Bertz CT molecular complexity index is 4120. The second-order valence-electron chi connectivity index (χ2n) is 30.0. The number of rotatable bonds is 18. The fraction of sp³-hybridized carbons (Fsp3) is 0.463. The van der Waals surface area contributed by atoms with Crippen LogP contribution < -0.4 is 30.2 Å². The maximum atomic E-state index is 14.1. The molecule has 10 heterocycles. The molecule has 105 heavy (non-hydrogen) atoms. The van der Waals surface area contributed by atoms with Crippen LogP contribution in [0.1, 0.15) is 175 Å². The SMILES string of the molecule is C#Cc1ccc(N2CCN(C(=O)Cc3ccc(C(C)(C)C)cc3)C[C@H]2C)nn1.Cc1ccc(N2CCC(C(=O)Nc3ccc(C(C)C)cn3)CC2)nn1.Cc1ccc(N2CC[C@H](CC(=O)Cc3ccc(C(C)C)nc3)C2)nn1.Cc1ccc(N2C[C@@H](O)[C@H](NC(=O)Cc3ccc(C(C)C)c(F)c3)C2)nn1. The van der Waals surface area contributed by atoms with Crippen LogP contribution >= 0.6 is 0 Å². The molecule has 4 atom stereocenters. The van der Waals surface area contributed by atoms with Crippen LogP contribution in [0.2, 0.25) is 0 Å². The molecule has 554 valence electrons. The number of nitrogens with zero attached hydrogens (tertiary/aromatic N) is 15. The lowest BCUT2D eigenvalue weighted by molar-refractivity contribution is -0.131. The standard InChI is InChI=1S/C23H28N4O.C20H25FN4O2.C20H26N4O.C19H25N5O/c1-6-20-11-12-21(25-24-20)27-14-13-26(16-17(27)2)22(28)15-18-7-9-19(10-8-18)23(3,4)5;1-12(2)15-6-5-14(8-16(15)21)9-20(27)22-17-10-25(11-18(17)26)19-7-4-13(3)23-24-19;1-14(2)19-6-5-16(12-21-19)10-18(25)11-17-8-9-24(13-17)20-7-4-15(3)22-23-20;1-13(2)16-5-6-17(20-12-16)21-19(25)15-8-10-24(11-9-15)18-7-4-14(3)22-23-18/h1,7-12,17H,13-16H2,2-5H3;4-8,12,17-18,26H,9-11H2,1-3H3,(H,22,27);4-7,12,14,17H,8-11,13H2,1-3H3;4-7,12-13,15H,8-11H2,1-3H3,(H,20,21,25)/t17-;17-,18-;17-;/m111./s1. The first-order chi connectivity index (χ1) is 50.1. The number of aromatic nitrogens is 10. The number of aryl methyl sites for hydroxylation is 3. The number of piperidine rings is 1. The van der Waals surface area contributed by atoms with Gasteiger partial charge in [0.2, 0.25) is 17.7 Å². The van der Waals surface area contributed by atoms with Gasteiger partial charge in [0.25, 0.3) is 0 Å². The third-order valence-electron chi connectivity index (χ3n) is 19.5. The smallest absolute Gasteiger partial charge is 0.228 e. The highest BCUT2D eigenvalue weighted by Gasteiger charge is 2.34. The second kappa shape index (κ2) is 37.0. The van der Waals surface area contributed by atoms with Crippen molar-refractivity contribution in [3.63, 3.8) is 0 Å². The molecule has 23 heteroatoms. The van der Waals surface area contributed by atoms with Crippen molar-refractivity contribution in [3.8, 4) is 12.3 Å². The van der Waals surface area contributed by atoms with Gasteiger partial charge in [-0.1, -0.05) is 111 Å². The van der Waals surface area contributed by atoms with Gasteiger partial charge >= 0.3 is 0 Å². The summed E-state index contributed by atoms with van der Waals surface area (Å²) in [5, 5.41) is 49.1. The van der Waals surface area contributed by atoms with Crippen molar-refractivity contribution in [2.24, 2.45) is 11.8 Å². The summed E-state index contributed by atoms with van der Waals surface area (Å²) in [5.74, 6) is 7.72. The van der Waals surface area contributed by atoms with Gasteiger partial charge in [-0.25, -0.2) is 9.37 Å². The number of carbonyl (C=O) groups is 4. The van der Waals surface area contributed by atoms with Crippen LogP contribution in [0.5, 0.6) is 0 Å². The van der Waals surface area contributed by atoms with Crippen molar-refractivity contribution < 1.29 is 28.7 Å². The number of Topliss-reactive ketones (excluding diaryl/α,β-unsaturated/α-hetero) is 1. The third kappa shape index (κ3) is 23.1. The first kappa shape index (κ1) is 78.9. The summed E-state index contributed by atoms with van der Waals surface area (Å²) in [5.41, 5.74) is 10.1. The van der Waals surface area contributed by atoms with Crippen LogP contribution in [-0.2, 0) is 43.9 Å². The Kier molecular flexibility index (Phi) is 27.8. The molecule has 4 saturated heterocycles. The molecule has 0 aliphatic carbocycles. The number of amides is 3. The zero-order chi connectivity index (χ0) is 75.5. The van der Waals surface area contributed by atoms with Gasteiger partial charge in [0.15, 0.2) is 23.3 Å². The van der Waals surface area contributed by atoms with E-state index in [1.807, 2.05) is 124 Å². The molecular formula is C82H104FN17O5. The first-order valence-corrected chi connectivity index (χ1v) is 36.7. The summed E-state index contributed by atoms with van der Waals surface area (Å²) in [6.07, 6.45) is 12.6. The monoisotopic (exact) mass is 1430 g/mol. The van der Waals surface area contributed by atoms with E-state index in [1.54, 1.807) is 18.2 Å². The molecule has 4 fully saturated rings. The van der Waals surface area contributed by atoms with E-state index in [2.05, 4.69) is 162 Å². The van der Waals surface area contributed by atoms with Crippen molar-refractivity contribution in [2.75, 3.05) is 83.8 Å². The second-order valence-corrected chi connectivity index (χ2v) is 30.0. The average molecular weight is 1430 g/mol. The van der Waals surface area contributed by atoms with Gasteiger partial charge in [-0.15, -0.1) is 31.9 Å². The van der Waals surface area contributed by atoms with Gasteiger partial charge in [-0.2, -0.15) is 15.3 Å². The lowest BCUT2D eigenvalue weighted by atomic mass is 9.86. The minimum absolute atomic E-state index is 0.0150. The zero-order valence-corrected chi connectivity index (χ0v) is 63.3. The van der Waals surface area contributed by atoms with Crippen molar-refractivity contribution in [1.29, 1.82) is 0 Å². The minimum Gasteiger partial charge on any atom is -0.389 e. The highest BCUT2D eigenvalue weighted by Crippen LogP contribution is 2.29. The van der Waals surface area contributed by atoms with E-state index in [0.717, 1.165) is 103 Å². The molecule has 12 rings (SSSR count). The minimum atomic E-state index is -0.697. The van der Waals surface area contributed by atoms with E-state index in [0.29, 0.717) is 97.4 Å². The number of piperazine rings is 1. The molecular weight excluding hydrogens is 1320 g/mol. The lowest BCUT2D eigenvalue weighted by Crippen LogP contribution is -2.54. The number of benzene rings is 2. The summed E-state index contributed by atoms with van der Waals surface area (Å²) in [7, 11) is 0. The van der Waals surface area contributed by atoms with Crippen LogP contribution in [0.15, 0.2) is 128 Å². The Hall–Kier alpha value is -10.2. The van der Waals surface area contributed by atoms with Gasteiger partial charge in [-0.3, -0.25) is 24.2 Å². The Morgan fingerprint density at radius 3 is 1.73 bits per heavy atom. The highest BCUT2D eigenvalue weighted by molar-refractivity contribution is 5.92. The van der Waals surface area contributed by atoms with E-state index < -0.39 is 12.1 Å². The van der Waals surface area contributed by atoms with Crippen molar-refractivity contribution in [2.45, 2.75) is 176 Å². The third-order valence-corrected chi connectivity index (χ3v) is 19.5. The van der Waals surface area contributed by atoms with Crippen molar-refractivity contribution >= 4 is 52.6 Å². The number of terminal acetylenes is 1. The Balaban J connectivity index is 0.000000162. The first-order valence-electron chi connectivity index (χ1n) is 36.7. The number of aliphatic hydroxyl groups is 1. The maximum Gasteiger partial charge on any atom is 0.228 e. The largest absolute Gasteiger partial charge is 0.389 e. The quantitative estimate of drug-likeness (QED) is 0.0675. The van der Waals surface area contributed by atoms with E-state index in [9.17, 15) is 28.7 Å². The molecule has 0 bridgehead atoms. The van der Waals surface area contributed by atoms with Crippen LogP contribution in [0.4, 0.5) is 33.5 Å². The van der Waals surface area contributed by atoms with Gasteiger partial charge in [0.1, 0.15) is 23.1 Å². The molecule has 3 N–H and O–H groups in total. The number of hydrogen-bond acceptors (Lipinski definition) is 19. The number of ketones is 1. The molecule has 2 aromatic carbocycles. The zero-order valence-electron chi connectivity index (χ0n) is 63.3.